The topological polar surface area (TPSA) is 107 Å². The molecular weight excluding hydrogens is 508 g/mol. The number of amides is 5. The Bertz CT molecular complexity index is 1390. The zero-order valence-electron chi connectivity index (χ0n) is 22.8. The molecule has 1 atom stereocenters. The van der Waals surface area contributed by atoms with Crippen LogP contribution in [0.25, 0.3) is 0 Å². The summed E-state index contributed by atoms with van der Waals surface area (Å²) in [6, 6.07) is 12.8. The molecular formula is C31H34N4O5. The molecule has 208 valence electrons. The van der Waals surface area contributed by atoms with Crippen LogP contribution in [0.2, 0.25) is 0 Å². The number of benzene rings is 2. The van der Waals surface area contributed by atoms with E-state index in [0.717, 1.165) is 61.5 Å². The number of aryl methyl sites for hydroxylation is 2. The van der Waals surface area contributed by atoms with Crippen molar-refractivity contribution in [3.8, 4) is 0 Å². The quantitative estimate of drug-likeness (QED) is 0.562. The van der Waals surface area contributed by atoms with E-state index >= 15 is 0 Å². The third-order valence-corrected chi connectivity index (χ3v) is 9.21. The standard InChI is InChI=1S/C31H34N4O5/c1-33-16-13-31(30(33)40)14-17-34(18-15-31)19-21-7-5-20(6-8-21)9-10-22-3-2-4-23-26(22)29(39)35(28(23)38)24-11-12-25(36)32-27(24)37/h2-8,24H,9-19H2,1H3,(H,32,36,37). The molecule has 6 rings (SSSR count). The predicted molar refractivity (Wildman–Crippen MR) is 146 cm³/mol. The molecule has 1 unspecified atom stereocenters. The molecule has 2 aromatic rings. The molecule has 5 amide bonds. The predicted octanol–water partition coefficient (Wildman–Crippen LogP) is 2.32. The lowest BCUT2D eigenvalue weighted by molar-refractivity contribution is -0.137. The van der Waals surface area contributed by atoms with E-state index in [9.17, 15) is 24.0 Å². The van der Waals surface area contributed by atoms with Gasteiger partial charge in [-0.25, -0.2) is 0 Å². The number of imide groups is 2. The minimum atomic E-state index is -0.962. The van der Waals surface area contributed by atoms with Gasteiger partial charge in [-0.1, -0.05) is 36.4 Å². The summed E-state index contributed by atoms with van der Waals surface area (Å²) in [5.74, 6) is -1.61. The van der Waals surface area contributed by atoms with Crippen molar-refractivity contribution in [1.82, 2.24) is 20.0 Å². The van der Waals surface area contributed by atoms with E-state index in [2.05, 4.69) is 34.5 Å². The van der Waals surface area contributed by atoms with Gasteiger partial charge >= 0.3 is 0 Å². The SMILES string of the molecule is CN1CCC2(CCN(Cc3ccc(CCc4cccc5c4C(=O)N(C4CCC(=O)NC4=O)C5=O)cc3)CC2)C1=O. The summed E-state index contributed by atoms with van der Waals surface area (Å²) in [4.78, 5) is 68.2. The Kier molecular flexibility index (Phi) is 6.78. The summed E-state index contributed by atoms with van der Waals surface area (Å²) in [6.07, 6.45) is 4.37. The van der Waals surface area contributed by atoms with Crippen molar-refractivity contribution in [1.29, 1.82) is 0 Å². The summed E-state index contributed by atoms with van der Waals surface area (Å²) < 4.78 is 0. The van der Waals surface area contributed by atoms with Gasteiger partial charge < -0.3 is 4.90 Å². The molecule has 9 heteroatoms. The van der Waals surface area contributed by atoms with Crippen molar-refractivity contribution in [2.45, 2.75) is 57.5 Å². The first-order valence-electron chi connectivity index (χ1n) is 14.1. The maximum Gasteiger partial charge on any atom is 0.262 e. The Hall–Kier alpha value is -3.85. The van der Waals surface area contributed by atoms with Crippen molar-refractivity contribution in [3.05, 3.63) is 70.3 Å². The van der Waals surface area contributed by atoms with Gasteiger partial charge in [0, 0.05) is 26.6 Å². The molecule has 0 aliphatic carbocycles. The molecule has 0 radical (unpaired) electrons. The monoisotopic (exact) mass is 542 g/mol. The fourth-order valence-corrected chi connectivity index (χ4v) is 6.74. The van der Waals surface area contributed by atoms with Crippen molar-refractivity contribution < 1.29 is 24.0 Å². The van der Waals surface area contributed by atoms with E-state index < -0.39 is 23.8 Å². The van der Waals surface area contributed by atoms with Crippen LogP contribution in [0, 0.1) is 5.41 Å². The molecule has 0 bridgehead atoms. The number of carbonyl (C=O) groups is 5. The molecule has 1 N–H and O–H groups in total. The zero-order valence-corrected chi connectivity index (χ0v) is 22.8. The molecule has 0 aromatic heterocycles. The Labute approximate surface area is 233 Å². The van der Waals surface area contributed by atoms with E-state index in [4.69, 9.17) is 0 Å². The first kappa shape index (κ1) is 26.4. The van der Waals surface area contributed by atoms with Gasteiger partial charge in [0.25, 0.3) is 11.8 Å². The Morgan fingerprint density at radius 3 is 2.23 bits per heavy atom. The number of hydrogen-bond donors (Lipinski definition) is 1. The number of hydrogen-bond acceptors (Lipinski definition) is 6. The maximum absolute atomic E-state index is 13.3. The van der Waals surface area contributed by atoms with Crippen molar-refractivity contribution >= 4 is 29.5 Å². The summed E-state index contributed by atoms with van der Waals surface area (Å²) in [6.45, 7) is 3.60. The first-order chi connectivity index (χ1) is 19.3. The zero-order chi connectivity index (χ0) is 28.0. The number of nitrogens with one attached hydrogen (secondary N) is 1. The van der Waals surface area contributed by atoms with Gasteiger partial charge in [-0.05, 0) is 74.4 Å². The van der Waals surface area contributed by atoms with E-state index in [1.165, 1.54) is 5.56 Å². The Morgan fingerprint density at radius 1 is 0.850 bits per heavy atom. The summed E-state index contributed by atoms with van der Waals surface area (Å²) in [5.41, 5.74) is 3.69. The second-order valence-electron chi connectivity index (χ2n) is 11.6. The fourth-order valence-electron chi connectivity index (χ4n) is 6.74. The first-order valence-corrected chi connectivity index (χ1v) is 14.1. The second kappa shape index (κ2) is 10.3. The summed E-state index contributed by atoms with van der Waals surface area (Å²) in [5, 5.41) is 2.24. The number of likely N-dealkylation sites (tertiary alicyclic amines) is 2. The van der Waals surface area contributed by atoms with Crippen LogP contribution in [0.3, 0.4) is 0 Å². The molecule has 4 heterocycles. The maximum atomic E-state index is 13.3. The van der Waals surface area contributed by atoms with Gasteiger partial charge in [0.2, 0.25) is 17.7 Å². The van der Waals surface area contributed by atoms with Crippen molar-refractivity contribution in [2.75, 3.05) is 26.7 Å². The van der Waals surface area contributed by atoms with Crippen LogP contribution in [0.15, 0.2) is 42.5 Å². The van der Waals surface area contributed by atoms with Gasteiger partial charge in [0.15, 0.2) is 0 Å². The van der Waals surface area contributed by atoms with Crippen LogP contribution in [-0.2, 0) is 33.8 Å². The minimum Gasteiger partial charge on any atom is -0.345 e. The summed E-state index contributed by atoms with van der Waals surface area (Å²) >= 11 is 0. The second-order valence-corrected chi connectivity index (χ2v) is 11.6. The largest absolute Gasteiger partial charge is 0.345 e. The molecule has 1 spiro atoms. The molecule has 3 fully saturated rings. The lowest BCUT2D eigenvalue weighted by atomic mass is 9.77. The average Bonchev–Trinajstić information content (AvgIpc) is 3.37. The highest BCUT2D eigenvalue weighted by atomic mass is 16.2. The number of piperidine rings is 2. The number of nitrogens with zero attached hydrogens (tertiary/aromatic N) is 3. The highest BCUT2D eigenvalue weighted by Crippen LogP contribution is 2.41. The molecule has 9 nitrogen and oxygen atoms in total. The average molecular weight is 543 g/mol. The van der Waals surface area contributed by atoms with E-state index in [0.29, 0.717) is 29.9 Å². The van der Waals surface area contributed by atoms with Crippen LogP contribution < -0.4 is 5.32 Å². The van der Waals surface area contributed by atoms with E-state index in [1.807, 2.05) is 18.0 Å². The highest BCUT2D eigenvalue weighted by molar-refractivity contribution is 6.24. The van der Waals surface area contributed by atoms with Gasteiger partial charge in [0.1, 0.15) is 6.04 Å². The minimum absolute atomic E-state index is 0.0997. The van der Waals surface area contributed by atoms with Gasteiger partial charge in [-0.2, -0.15) is 0 Å². The molecule has 40 heavy (non-hydrogen) atoms. The fraction of sp³-hybridized carbons (Fsp3) is 0.452. The van der Waals surface area contributed by atoms with Crippen LogP contribution in [-0.4, -0.2) is 77.0 Å². The third-order valence-electron chi connectivity index (χ3n) is 9.21. The Balaban J connectivity index is 1.07. The lowest BCUT2D eigenvalue weighted by Gasteiger charge is -2.37. The van der Waals surface area contributed by atoms with Crippen molar-refractivity contribution in [2.24, 2.45) is 5.41 Å². The molecule has 4 aliphatic heterocycles. The van der Waals surface area contributed by atoms with Crippen molar-refractivity contribution in [3.63, 3.8) is 0 Å². The van der Waals surface area contributed by atoms with Crippen LogP contribution >= 0.6 is 0 Å². The molecule has 2 aromatic carbocycles. The summed E-state index contributed by atoms with van der Waals surface area (Å²) in [7, 11) is 1.91. The van der Waals surface area contributed by atoms with Gasteiger partial charge in [0.05, 0.1) is 16.5 Å². The molecule has 3 saturated heterocycles. The van der Waals surface area contributed by atoms with Gasteiger partial charge in [-0.3, -0.25) is 39.1 Å². The van der Waals surface area contributed by atoms with E-state index in [-0.39, 0.29) is 24.2 Å². The van der Waals surface area contributed by atoms with Gasteiger partial charge in [-0.15, -0.1) is 0 Å². The lowest BCUT2D eigenvalue weighted by Crippen LogP contribution is -2.54. The van der Waals surface area contributed by atoms with E-state index in [1.54, 1.807) is 12.1 Å². The number of carbonyl (C=O) groups excluding carboxylic acids is 5. The molecule has 0 saturated carbocycles. The van der Waals surface area contributed by atoms with Crippen LogP contribution in [0.4, 0.5) is 0 Å². The van der Waals surface area contributed by atoms with Crippen LogP contribution in [0.1, 0.15) is 69.5 Å². The smallest absolute Gasteiger partial charge is 0.262 e. The number of fused-ring (bicyclic) bond motifs is 1. The van der Waals surface area contributed by atoms with Crippen LogP contribution in [0.5, 0.6) is 0 Å². The molecule has 4 aliphatic rings. The third kappa shape index (κ3) is 4.62. The highest BCUT2D eigenvalue weighted by Gasteiger charge is 2.47. The Morgan fingerprint density at radius 2 is 1.55 bits per heavy atom. The normalized spacial score (nSPS) is 22.8. The number of rotatable bonds is 6.